The first-order valence-corrected chi connectivity index (χ1v) is 9.51. The van der Waals surface area contributed by atoms with Gasteiger partial charge in [-0.25, -0.2) is 0 Å². The van der Waals surface area contributed by atoms with Crippen LogP contribution >= 0.6 is 0 Å². The summed E-state index contributed by atoms with van der Waals surface area (Å²) in [6, 6.07) is 22.7. The van der Waals surface area contributed by atoms with E-state index in [-0.39, 0.29) is 0 Å². The number of benzene rings is 3. The molecule has 1 aliphatic rings. The van der Waals surface area contributed by atoms with Crippen molar-refractivity contribution < 1.29 is 18.9 Å². The Labute approximate surface area is 166 Å². The zero-order valence-electron chi connectivity index (χ0n) is 16.8. The molecular formula is C24H26O4. The predicted molar refractivity (Wildman–Crippen MR) is 109 cm³/mol. The SMILES string of the molecule is CO[C@H]1OC(C)(C)O[C@@]1(C)c1cccc(OCc2ccc3ccccc3c2)c1. The molecular weight excluding hydrogens is 352 g/mol. The molecule has 1 heterocycles. The molecule has 0 aromatic heterocycles. The van der Waals surface area contributed by atoms with Crippen LogP contribution in [0.3, 0.4) is 0 Å². The van der Waals surface area contributed by atoms with Crippen LogP contribution in [0, 0.1) is 0 Å². The van der Waals surface area contributed by atoms with Crippen molar-refractivity contribution in [2.24, 2.45) is 0 Å². The van der Waals surface area contributed by atoms with E-state index >= 15 is 0 Å². The predicted octanol–water partition coefficient (Wildman–Crippen LogP) is 5.39. The van der Waals surface area contributed by atoms with E-state index in [1.165, 1.54) is 10.8 Å². The van der Waals surface area contributed by atoms with E-state index in [4.69, 9.17) is 18.9 Å². The fraction of sp³-hybridized carbons (Fsp3) is 0.333. The lowest BCUT2D eigenvalue weighted by atomic mass is 9.95. The Kier molecular flexibility index (Phi) is 4.88. The molecule has 0 aliphatic carbocycles. The molecule has 3 aromatic carbocycles. The first-order valence-electron chi connectivity index (χ1n) is 9.51. The summed E-state index contributed by atoms with van der Waals surface area (Å²) in [6.45, 7) is 6.27. The minimum absolute atomic E-state index is 0.488. The maximum Gasteiger partial charge on any atom is 0.193 e. The average Bonchev–Trinajstić information content (AvgIpc) is 2.95. The van der Waals surface area contributed by atoms with Gasteiger partial charge in [-0.15, -0.1) is 0 Å². The van der Waals surface area contributed by atoms with Crippen molar-refractivity contribution >= 4 is 10.8 Å². The first kappa shape index (κ1) is 18.9. The monoisotopic (exact) mass is 378 g/mol. The van der Waals surface area contributed by atoms with Crippen molar-refractivity contribution in [2.45, 2.75) is 45.1 Å². The Bertz CT molecular complexity index is 981. The summed E-state index contributed by atoms with van der Waals surface area (Å²) in [7, 11) is 1.63. The second kappa shape index (κ2) is 7.21. The molecule has 4 rings (SSSR count). The molecule has 1 saturated heterocycles. The second-order valence-corrected chi connectivity index (χ2v) is 7.79. The van der Waals surface area contributed by atoms with Crippen LogP contribution in [-0.2, 0) is 26.4 Å². The zero-order chi connectivity index (χ0) is 19.8. The molecule has 1 fully saturated rings. The molecule has 4 nitrogen and oxygen atoms in total. The van der Waals surface area contributed by atoms with Gasteiger partial charge in [0.15, 0.2) is 12.1 Å². The average molecular weight is 378 g/mol. The number of hydrogen-bond acceptors (Lipinski definition) is 4. The highest BCUT2D eigenvalue weighted by Crippen LogP contribution is 2.44. The highest BCUT2D eigenvalue weighted by Gasteiger charge is 2.51. The Morgan fingerprint density at radius 1 is 0.893 bits per heavy atom. The van der Waals surface area contributed by atoms with Crippen LogP contribution in [0.4, 0.5) is 0 Å². The molecule has 0 radical (unpaired) electrons. The number of hydrogen-bond donors (Lipinski definition) is 0. The Balaban J connectivity index is 1.53. The van der Waals surface area contributed by atoms with Gasteiger partial charge in [0, 0.05) is 7.11 Å². The van der Waals surface area contributed by atoms with Crippen LogP contribution in [0.15, 0.2) is 66.7 Å². The second-order valence-electron chi connectivity index (χ2n) is 7.79. The van der Waals surface area contributed by atoms with Gasteiger partial charge in [0.2, 0.25) is 0 Å². The van der Waals surface area contributed by atoms with Crippen LogP contribution in [0.1, 0.15) is 31.9 Å². The Morgan fingerprint density at radius 2 is 1.68 bits per heavy atom. The van der Waals surface area contributed by atoms with Crippen molar-refractivity contribution in [1.82, 2.24) is 0 Å². The van der Waals surface area contributed by atoms with Crippen molar-refractivity contribution in [3.8, 4) is 5.75 Å². The minimum Gasteiger partial charge on any atom is -0.489 e. The molecule has 3 aromatic rings. The van der Waals surface area contributed by atoms with E-state index in [0.29, 0.717) is 6.61 Å². The quantitative estimate of drug-likeness (QED) is 0.596. The van der Waals surface area contributed by atoms with Crippen LogP contribution in [0.25, 0.3) is 10.8 Å². The molecule has 146 valence electrons. The van der Waals surface area contributed by atoms with Crippen molar-refractivity contribution in [3.05, 3.63) is 77.9 Å². The zero-order valence-corrected chi connectivity index (χ0v) is 16.8. The summed E-state index contributed by atoms with van der Waals surface area (Å²) in [5.41, 5.74) is 1.38. The maximum absolute atomic E-state index is 6.19. The third-order valence-corrected chi connectivity index (χ3v) is 5.14. The molecule has 0 saturated carbocycles. The lowest BCUT2D eigenvalue weighted by Gasteiger charge is -2.28. The Morgan fingerprint density at radius 3 is 2.46 bits per heavy atom. The lowest BCUT2D eigenvalue weighted by Crippen LogP contribution is -2.35. The summed E-state index contributed by atoms with van der Waals surface area (Å²) in [6.07, 6.45) is -0.488. The van der Waals surface area contributed by atoms with Gasteiger partial charge in [0.25, 0.3) is 0 Å². The van der Waals surface area contributed by atoms with Gasteiger partial charge in [-0.1, -0.05) is 48.5 Å². The summed E-state index contributed by atoms with van der Waals surface area (Å²) in [5.74, 6) is 0.0761. The summed E-state index contributed by atoms with van der Waals surface area (Å²) >= 11 is 0. The number of ether oxygens (including phenoxy) is 4. The van der Waals surface area contributed by atoms with Gasteiger partial charge < -0.3 is 18.9 Å². The van der Waals surface area contributed by atoms with E-state index in [0.717, 1.165) is 16.9 Å². The number of methoxy groups -OCH3 is 1. The molecule has 2 atom stereocenters. The summed E-state index contributed by atoms with van der Waals surface area (Å²) < 4.78 is 23.7. The standard InChI is InChI=1S/C24H26O4/c1-23(2)27-22(25-4)24(3,28-23)20-10-7-11-21(15-20)26-16-17-12-13-18-8-5-6-9-19(18)14-17/h5-15,22H,16H2,1-4H3/t22-,24-/m0/s1. The summed E-state index contributed by atoms with van der Waals surface area (Å²) in [4.78, 5) is 0. The molecule has 1 aliphatic heterocycles. The van der Waals surface area contributed by atoms with Crippen LogP contribution in [0.2, 0.25) is 0 Å². The third kappa shape index (κ3) is 3.63. The molecule has 0 bridgehead atoms. The largest absolute Gasteiger partial charge is 0.489 e. The van der Waals surface area contributed by atoms with Crippen molar-refractivity contribution in [2.75, 3.05) is 7.11 Å². The molecule has 0 spiro atoms. The van der Waals surface area contributed by atoms with Crippen LogP contribution in [0.5, 0.6) is 5.75 Å². The van der Waals surface area contributed by atoms with Gasteiger partial charge in [-0.2, -0.15) is 0 Å². The van der Waals surface area contributed by atoms with Crippen LogP contribution < -0.4 is 4.74 Å². The lowest BCUT2D eigenvalue weighted by molar-refractivity contribution is -0.183. The van der Waals surface area contributed by atoms with E-state index < -0.39 is 17.7 Å². The van der Waals surface area contributed by atoms with Gasteiger partial charge >= 0.3 is 0 Å². The highest BCUT2D eigenvalue weighted by atomic mass is 16.8. The molecule has 28 heavy (non-hydrogen) atoms. The van der Waals surface area contributed by atoms with Gasteiger partial charge in [-0.05, 0) is 60.9 Å². The molecule has 0 N–H and O–H groups in total. The smallest absolute Gasteiger partial charge is 0.193 e. The third-order valence-electron chi connectivity index (χ3n) is 5.14. The summed E-state index contributed by atoms with van der Waals surface area (Å²) in [5, 5.41) is 2.44. The molecule has 4 heteroatoms. The highest BCUT2D eigenvalue weighted by molar-refractivity contribution is 5.82. The normalized spacial score (nSPS) is 23.8. The fourth-order valence-corrected chi connectivity index (χ4v) is 3.81. The van der Waals surface area contributed by atoms with Crippen LogP contribution in [-0.4, -0.2) is 19.2 Å². The van der Waals surface area contributed by atoms with E-state index in [9.17, 15) is 0 Å². The molecule has 0 amide bonds. The van der Waals surface area contributed by atoms with Gasteiger partial charge in [0.05, 0.1) is 0 Å². The molecule has 0 unspecified atom stereocenters. The van der Waals surface area contributed by atoms with Crippen molar-refractivity contribution in [3.63, 3.8) is 0 Å². The minimum atomic E-state index is -0.711. The van der Waals surface area contributed by atoms with E-state index in [1.54, 1.807) is 7.11 Å². The van der Waals surface area contributed by atoms with E-state index in [1.807, 2.05) is 51.1 Å². The topological polar surface area (TPSA) is 36.9 Å². The Hall–Kier alpha value is -2.40. The van der Waals surface area contributed by atoms with E-state index in [2.05, 4.69) is 36.4 Å². The maximum atomic E-state index is 6.19. The number of rotatable bonds is 5. The van der Waals surface area contributed by atoms with Gasteiger partial charge in [-0.3, -0.25) is 0 Å². The van der Waals surface area contributed by atoms with Crippen molar-refractivity contribution in [1.29, 1.82) is 0 Å². The number of fused-ring (bicyclic) bond motifs is 1. The van der Waals surface area contributed by atoms with Gasteiger partial charge in [0.1, 0.15) is 18.0 Å². The fourth-order valence-electron chi connectivity index (χ4n) is 3.81. The first-order chi connectivity index (χ1) is 13.4.